The molecule has 0 aliphatic carbocycles. The number of hydrogen-bond donors (Lipinski definition) is 0. The largest absolute Gasteiger partial charge is 0.0528 e. The Morgan fingerprint density at radius 2 is 1.82 bits per heavy atom. The van der Waals surface area contributed by atoms with Crippen LogP contribution in [-0.2, 0) is 0 Å². The van der Waals surface area contributed by atoms with Crippen LogP contribution in [0.4, 0.5) is 0 Å². The molecule has 0 radical (unpaired) electrons. The van der Waals surface area contributed by atoms with Crippen LogP contribution < -0.4 is 0 Å². The van der Waals surface area contributed by atoms with Gasteiger partial charge < -0.3 is 0 Å². The lowest BCUT2D eigenvalue weighted by Crippen LogP contribution is -1.73. The Bertz CT molecular complexity index is 264. The second kappa shape index (κ2) is 4.81. The number of halogens is 3. The first-order valence-electron chi connectivity index (χ1n) is 2.96. The van der Waals surface area contributed by atoms with Crippen LogP contribution in [-0.4, -0.2) is 0 Å². The lowest BCUT2D eigenvalue weighted by Gasteiger charge is -1.97. The molecule has 0 N–H and O–H groups in total. The zero-order valence-corrected chi connectivity index (χ0v) is 11.4. The first-order valence-corrected chi connectivity index (χ1v) is 6.07. The molecule has 0 heterocycles. The maximum atomic E-state index is 3.39. The van der Waals surface area contributed by atoms with Crippen molar-refractivity contribution < 1.29 is 0 Å². The van der Waals surface area contributed by atoms with Crippen LogP contribution in [0.3, 0.4) is 0 Å². The normalized spacial score (nSPS) is 11.7. The number of rotatable bonds is 1. The Kier molecular flexibility index (Phi) is 4.37. The van der Waals surface area contributed by atoms with Gasteiger partial charge in [0.2, 0.25) is 0 Å². The van der Waals surface area contributed by atoms with Gasteiger partial charge in [-0.15, -0.1) is 0 Å². The van der Waals surface area contributed by atoms with Gasteiger partial charge in [0.05, 0.1) is 0 Å². The van der Waals surface area contributed by atoms with Crippen LogP contribution >= 0.6 is 61.1 Å². The molecule has 3 heteroatoms. The van der Waals surface area contributed by atoms with E-state index in [9.17, 15) is 0 Å². The Balaban J connectivity index is 2.99. The molecule has 0 aliphatic heterocycles. The standard InChI is InChI=1S/C8H5BrI2/c9-7-3-1-6(2-4-7)8(11)5-10/h1-5H/b8-5+. The lowest BCUT2D eigenvalue weighted by atomic mass is 10.2. The summed E-state index contributed by atoms with van der Waals surface area (Å²) in [4.78, 5) is 0. The van der Waals surface area contributed by atoms with Gasteiger partial charge in [0.25, 0.3) is 0 Å². The maximum Gasteiger partial charge on any atom is 0.0263 e. The molecule has 0 saturated carbocycles. The molecule has 11 heavy (non-hydrogen) atoms. The van der Waals surface area contributed by atoms with Crippen molar-refractivity contribution in [1.29, 1.82) is 0 Å². The molecule has 1 rings (SSSR count). The van der Waals surface area contributed by atoms with Gasteiger partial charge in [-0.1, -0.05) is 50.7 Å². The van der Waals surface area contributed by atoms with Crippen molar-refractivity contribution in [2.45, 2.75) is 0 Å². The van der Waals surface area contributed by atoms with Crippen LogP contribution in [0.5, 0.6) is 0 Å². The van der Waals surface area contributed by atoms with E-state index in [0.717, 1.165) is 4.47 Å². The Hall–Kier alpha value is 0.900. The summed E-state index contributed by atoms with van der Waals surface area (Å²) in [5, 5.41) is 0. The van der Waals surface area contributed by atoms with Gasteiger partial charge in [0.15, 0.2) is 0 Å². The molecule has 0 amide bonds. The minimum Gasteiger partial charge on any atom is -0.0528 e. The van der Waals surface area contributed by atoms with Crippen LogP contribution in [0.1, 0.15) is 5.56 Å². The SMILES string of the molecule is Brc1ccc(/C(I)=C\I)cc1. The van der Waals surface area contributed by atoms with E-state index in [1.54, 1.807) is 0 Å². The van der Waals surface area contributed by atoms with Crippen LogP contribution in [0, 0.1) is 0 Å². The summed E-state index contributed by atoms with van der Waals surface area (Å²) < 4.78 is 4.47. The maximum absolute atomic E-state index is 3.39. The molecular formula is C8H5BrI2. The van der Waals surface area contributed by atoms with Crippen molar-refractivity contribution in [2.75, 3.05) is 0 Å². The highest BCUT2D eigenvalue weighted by molar-refractivity contribution is 14.1. The van der Waals surface area contributed by atoms with E-state index >= 15 is 0 Å². The topological polar surface area (TPSA) is 0 Å². The fourth-order valence-electron chi connectivity index (χ4n) is 0.672. The molecule has 0 aliphatic rings. The molecule has 0 fully saturated rings. The average molecular weight is 435 g/mol. The first-order chi connectivity index (χ1) is 5.24. The summed E-state index contributed by atoms with van der Waals surface area (Å²) in [7, 11) is 0. The highest BCUT2D eigenvalue weighted by atomic mass is 127. The second-order valence-electron chi connectivity index (χ2n) is 1.96. The van der Waals surface area contributed by atoms with Crippen molar-refractivity contribution in [2.24, 2.45) is 0 Å². The first kappa shape index (κ1) is 9.98. The second-order valence-corrected chi connectivity index (χ2v) is 4.66. The summed E-state index contributed by atoms with van der Waals surface area (Å²) in [6.45, 7) is 0. The zero-order valence-electron chi connectivity index (χ0n) is 5.52. The molecule has 58 valence electrons. The molecule has 0 unspecified atom stereocenters. The molecular weight excluding hydrogens is 430 g/mol. The third-order valence-corrected chi connectivity index (χ3v) is 4.49. The quantitative estimate of drug-likeness (QED) is 0.566. The van der Waals surface area contributed by atoms with Gasteiger partial charge in [-0.25, -0.2) is 0 Å². The molecule has 0 atom stereocenters. The van der Waals surface area contributed by atoms with E-state index in [1.807, 2.05) is 12.1 Å². The molecule has 0 saturated heterocycles. The Morgan fingerprint density at radius 1 is 1.27 bits per heavy atom. The van der Waals surface area contributed by atoms with Gasteiger partial charge >= 0.3 is 0 Å². The summed E-state index contributed by atoms with van der Waals surface area (Å²) >= 11 is 7.96. The Morgan fingerprint density at radius 3 is 2.27 bits per heavy atom. The smallest absolute Gasteiger partial charge is 0.0263 e. The van der Waals surface area contributed by atoms with Gasteiger partial charge in [-0.3, -0.25) is 0 Å². The van der Waals surface area contributed by atoms with E-state index in [1.165, 1.54) is 9.14 Å². The Labute approximate surface area is 102 Å². The molecule has 0 nitrogen and oxygen atoms in total. The average Bonchev–Trinajstić information content (AvgIpc) is 2.05. The highest BCUT2D eigenvalue weighted by Crippen LogP contribution is 2.24. The van der Waals surface area contributed by atoms with E-state index in [2.05, 4.69) is 77.3 Å². The summed E-state index contributed by atoms with van der Waals surface area (Å²) in [5.41, 5.74) is 1.27. The monoisotopic (exact) mass is 434 g/mol. The summed E-state index contributed by atoms with van der Waals surface area (Å²) in [6, 6.07) is 8.30. The fourth-order valence-corrected chi connectivity index (χ4v) is 1.66. The summed E-state index contributed by atoms with van der Waals surface area (Å²) in [5.74, 6) is 0. The minimum absolute atomic E-state index is 1.12. The van der Waals surface area contributed by atoms with E-state index in [4.69, 9.17) is 0 Å². The van der Waals surface area contributed by atoms with Gasteiger partial charge in [0, 0.05) is 8.05 Å². The molecule has 0 aromatic heterocycles. The molecule has 0 spiro atoms. The molecule has 1 aromatic carbocycles. The van der Waals surface area contributed by atoms with Crippen molar-refractivity contribution in [3.05, 3.63) is 38.4 Å². The predicted molar refractivity (Wildman–Crippen MR) is 70.2 cm³/mol. The van der Waals surface area contributed by atoms with Gasteiger partial charge in [-0.05, 0) is 44.4 Å². The van der Waals surface area contributed by atoms with E-state index < -0.39 is 0 Å². The predicted octanol–water partition coefficient (Wildman–Crippen LogP) is 4.62. The van der Waals surface area contributed by atoms with Gasteiger partial charge in [-0.2, -0.15) is 0 Å². The third-order valence-electron chi connectivity index (χ3n) is 1.22. The van der Waals surface area contributed by atoms with Crippen molar-refractivity contribution in [3.63, 3.8) is 0 Å². The van der Waals surface area contributed by atoms with Crippen LogP contribution in [0.25, 0.3) is 3.58 Å². The third kappa shape index (κ3) is 3.02. The highest BCUT2D eigenvalue weighted by Gasteiger charge is 1.94. The van der Waals surface area contributed by atoms with Crippen molar-refractivity contribution >= 4 is 64.7 Å². The fraction of sp³-hybridized carbons (Fsp3) is 0. The zero-order chi connectivity index (χ0) is 8.27. The van der Waals surface area contributed by atoms with Gasteiger partial charge in [0.1, 0.15) is 0 Å². The van der Waals surface area contributed by atoms with E-state index in [0.29, 0.717) is 0 Å². The molecule has 1 aromatic rings. The number of benzene rings is 1. The van der Waals surface area contributed by atoms with Crippen molar-refractivity contribution in [1.82, 2.24) is 0 Å². The summed E-state index contributed by atoms with van der Waals surface area (Å²) in [6.07, 6.45) is 0. The minimum atomic E-state index is 1.12. The number of hydrogen-bond acceptors (Lipinski definition) is 0. The van der Waals surface area contributed by atoms with Crippen LogP contribution in [0.2, 0.25) is 0 Å². The van der Waals surface area contributed by atoms with Crippen LogP contribution in [0.15, 0.2) is 32.8 Å². The lowest BCUT2D eigenvalue weighted by molar-refractivity contribution is 1.61. The van der Waals surface area contributed by atoms with E-state index in [-0.39, 0.29) is 0 Å². The van der Waals surface area contributed by atoms with Crippen molar-refractivity contribution in [3.8, 4) is 0 Å². The molecule has 0 bridgehead atoms.